The van der Waals surface area contributed by atoms with Gasteiger partial charge in [0.2, 0.25) is 5.91 Å². The maximum atomic E-state index is 11.2. The van der Waals surface area contributed by atoms with Gasteiger partial charge in [0, 0.05) is 27.1 Å². The molecule has 1 fully saturated rings. The minimum atomic E-state index is 0.212. The summed E-state index contributed by atoms with van der Waals surface area (Å²) in [5, 5.41) is 3.37. The Kier molecular flexibility index (Phi) is 4.94. The van der Waals surface area contributed by atoms with Crippen LogP contribution in [-0.4, -0.2) is 38.0 Å². The molecule has 0 bridgehead atoms. The first-order valence-electron chi connectivity index (χ1n) is 5.61. The van der Waals surface area contributed by atoms with Crippen molar-refractivity contribution in [2.75, 3.05) is 27.2 Å². The number of amides is 1. The van der Waals surface area contributed by atoms with Crippen LogP contribution in [0.1, 0.15) is 32.1 Å². The molecule has 3 heteroatoms. The second-order valence-corrected chi connectivity index (χ2v) is 4.39. The Bertz CT molecular complexity index is 174. The highest BCUT2D eigenvalue weighted by Crippen LogP contribution is 2.23. The molecule has 0 saturated heterocycles. The maximum Gasteiger partial charge on any atom is 0.223 e. The molecule has 0 aromatic rings. The highest BCUT2D eigenvalue weighted by molar-refractivity contribution is 5.75. The summed E-state index contributed by atoms with van der Waals surface area (Å²) in [6.45, 7) is 1.92. The SMILES string of the molecule is CN(C)C(=O)CCNCC1CCCC1. The number of carbonyl (C=O) groups excluding carboxylic acids is 1. The molecule has 1 saturated carbocycles. The van der Waals surface area contributed by atoms with Crippen LogP contribution in [0.15, 0.2) is 0 Å². The van der Waals surface area contributed by atoms with Crippen LogP contribution < -0.4 is 5.32 Å². The predicted molar refractivity (Wildman–Crippen MR) is 58.1 cm³/mol. The van der Waals surface area contributed by atoms with E-state index in [1.165, 1.54) is 25.7 Å². The Morgan fingerprint density at radius 2 is 2.00 bits per heavy atom. The van der Waals surface area contributed by atoms with Gasteiger partial charge in [-0.25, -0.2) is 0 Å². The maximum absolute atomic E-state index is 11.2. The molecule has 1 aliphatic carbocycles. The number of nitrogens with one attached hydrogen (secondary N) is 1. The van der Waals surface area contributed by atoms with Gasteiger partial charge in [0.25, 0.3) is 0 Å². The molecule has 1 aliphatic rings. The highest BCUT2D eigenvalue weighted by atomic mass is 16.2. The summed E-state index contributed by atoms with van der Waals surface area (Å²) in [6, 6.07) is 0. The van der Waals surface area contributed by atoms with Gasteiger partial charge in [-0.15, -0.1) is 0 Å². The van der Waals surface area contributed by atoms with Crippen molar-refractivity contribution in [3.63, 3.8) is 0 Å². The van der Waals surface area contributed by atoms with Gasteiger partial charge in [-0.2, -0.15) is 0 Å². The van der Waals surface area contributed by atoms with Crippen LogP contribution in [-0.2, 0) is 4.79 Å². The minimum absolute atomic E-state index is 0.212. The van der Waals surface area contributed by atoms with Gasteiger partial charge in [-0.1, -0.05) is 12.8 Å². The van der Waals surface area contributed by atoms with Crippen LogP contribution in [0.25, 0.3) is 0 Å². The quantitative estimate of drug-likeness (QED) is 0.674. The fourth-order valence-electron chi connectivity index (χ4n) is 1.94. The van der Waals surface area contributed by atoms with Crippen LogP contribution in [0.5, 0.6) is 0 Å². The van der Waals surface area contributed by atoms with Crippen molar-refractivity contribution in [2.24, 2.45) is 5.92 Å². The van der Waals surface area contributed by atoms with Crippen LogP contribution >= 0.6 is 0 Å². The number of hydrogen-bond acceptors (Lipinski definition) is 2. The minimum Gasteiger partial charge on any atom is -0.349 e. The second kappa shape index (κ2) is 6.02. The third-order valence-corrected chi connectivity index (χ3v) is 2.92. The topological polar surface area (TPSA) is 32.3 Å². The van der Waals surface area contributed by atoms with Crippen molar-refractivity contribution in [1.29, 1.82) is 0 Å². The van der Waals surface area contributed by atoms with E-state index in [1.54, 1.807) is 19.0 Å². The zero-order valence-corrected chi connectivity index (χ0v) is 9.38. The van der Waals surface area contributed by atoms with Crippen LogP contribution in [0.2, 0.25) is 0 Å². The zero-order chi connectivity index (χ0) is 10.4. The highest BCUT2D eigenvalue weighted by Gasteiger charge is 2.14. The lowest BCUT2D eigenvalue weighted by molar-refractivity contribution is -0.128. The third kappa shape index (κ3) is 4.09. The normalized spacial score (nSPS) is 17.3. The van der Waals surface area contributed by atoms with Gasteiger partial charge >= 0.3 is 0 Å². The number of carbonyl (C=O) groups is 1. The lowest BCUT2D eigenvalue weighted by atomic mass is 10.1. The first-order valence-corrected chi connectivity index (χ1v) is 5.61. The van der Waals surface area contributed by atoms with Gasteiger partial charge in [0.15, 0.2) is 0 Å². The molecule has 0 atom stereocenters. The van der Waals surface area contributed by atoms with Crippen molar-refractivity contribution < 1.29 is 4.79 Å². The Hall–Kier alpha value is -0.570. The molecule has 1 N–H and O–H groups in total. The monoisotopic (exact) mass is 198 g/mol. The number of nitrogens with zero attached hydrogens (tertiary/aromatic N) is 1. The molecule has 0 unspecified atom stereocenters. The van der Waals surface area contributed by atoms with E-state index in [1.807, 2.05) is 0 Å². The van der Waals surface area contributed by atoms with Crippen LogP contribution in [0.3, 0.4) is 0 Å². The summed E-state index contributed by atoms with van der Waals surface area (Å²) in [5.41, 5.74) is 0. The molecule has 0 radical (unpaired) electrons. The van der Waals surface area contributed by atoms with E-state index in [0.29, 0.717) is 6.42 Å². The third-order valence-electron chi connectivity index (χ3n) is 2.92. The molecule has 0 aromatic carbocycles. The molecule has 0 spiro atoms. The van der Waals surface area contributed by atoms with Crippen LogP contribution in [0, 0.1) is 5.92 Å². The molecule has 0 aliphatic heterocycles. The lowest BCUT2D eigenvalue weighted by Gasteiger charge is -2.12. The Balaban J connectivity index is 1.96. The standard InChI is InChI=1S/C11H22N2O/c1-13(2)11(14)7-8-12-9-10-5-3-4-6-10/h10,12H,3-9H2,1-2H3. The van der Waals surface area contributed by atoms with E-state index in [2.05, 4.69) is 5.32 Å². The van der Waals surface area contributed by atoms with E-state index in [4.69, 9.17) is 0 Å². The van der Waals surface area contributed by atoms with Crippen molar-refractivity contribution in [3.8, 4) is 0 Å². The first-order chi connectivity index (χ1) is 6.70. The van der Waals surface area contributed by atoms with Crippen molar-refractivity contribution in [2.45, 2.75) is 32.1 Å². The predicted octanol–water partition coefficient (Wildman–Crippen LogP) is 1.24. The molecule has 1 rings (SSSR count). The van der Waals surface area contributed by atoms with E-state index < -0.39 is 0 Å². The summed E-state index contributed by atoms with van der Waals surface area (Å²) < 4.78 is 0. The van der Waals surface area contributed by atoms with Crippen molar-refractivity contribution in [1.82, 2.24) is 10.2 Å². The molecule has 0 aromatic heterocycles. The molecule has 14 heavy (non-hydrogen) atoms. The Morgan fingerprint density at radius 3 is 2.57 bits per heavy atom. The van der Waals surface area contributed by atoms with Gasteiger partial charge in [-0.3, -0.25) is 4.79 Å². The molecule has 0 heterocycles. The Labute approximate surface area is 86.9 Å². The zero-order valence-electron chi connectivity index (χ0n) is 9.38. The van der Waals surface area contributed by atoms with Gasteiger partial charge < -0.3 is 10.2 Å². The largest absolute Gasteiger partial charge is 0.349 e. The molecular weight excluding hydrogens is 176 g/mol. The summed E-state index contributed by atoms with van der Waals surface area (Å²) in [7, 11) is 3.61. The molecule has 82 valence electrons. The molecular formula is C11H22N2O. The summed E-state index contributed by atoms with van der Waals surface area (Å²) in [6.07, 6.45) is 6.15. The summed E-state index contributed by atoms with van der Waals surface area (Å²) in [4.78, 5) is 12.9. The average Bonchev–Trinajstić information content (AvgIpc) is 2.64. The number of hydrogen-bond donors (Lipinski definition) is 1. The molecule has 1 amide bonds. The first kappa shape index (κ1) is 11.5. The fraction of sp³-hybridized carbons (Fsp3) is 0.909. The smallest absolute Gasteiger partial charge is 0.223 e. The van der Waals surface area contributed by atoms with Gasteiger partial charge in [0.1, 0.15) is 0 Å². The van der Waals surface area contributed by atoms with Crippen molar-refractivity contribution >= 4 is 5.91 Å². The van der Waals surface area contributed by atoms with Crippen LogP contribution in [0.4, 0.5) is 0 Å². The molecule has 3 nitrogen and oxygen atoms in total. The average molecular weight is 198 g/mol. The fourth-order valence-corrected chi connectivity index (χ4v) is 1.94. The van der Waals surface area contributed by atoms with E-state index in [-0.39, 0.29) is 5.91 Å². The summed E-state index contributed by atoms with van der Waals surface area (Å²) in [5.74, 6) is 1.08. The second-order valence-electron chi connectivity index (χ2n) is 4.39. The van der Waals surface area contributed by atoms with E-state index >= 15 is 0 Å². The van der Waals surface area contributed by atoms with Gasteiger partial charge in [0.05, 0.1) is 0 Å². The van der Waals surface area contributed by atoms with E-state index in [9.17, 15) is 4.79 Å². The van der Waals surface area contributed by atoms with E-state index in [0.717, 1.165) is 19.0 Å². The Morgan fingerprint density at radius 1 is 1.36 bits per heavy atom. The van der Waals surface area contributed by atoms with Crippen molar-refractivity contribution in [3.05, 3.63) is 0 Å². The summed E-state index contributed by atoms with van der Waals surface area (Å²) >= 11 is 0. The lowest BCUT2D eigenvalue weighted by Crippen LogP contribution is -2.28. The van der Waals surface area contributed by atoms with Gasteiger partial charge in [-0.05, 0) is 25.3 Å². The number of rotatable bonds is 5.